The number of hydrogen-bond acceptors (Lipinski definition) is 5. The standard InChI is InChI=1S/C17H15NO5/c1-18(13-5-3-2-4-6-13)16(19)10-21-17(20)12-7-8-14-15(9-12)23-11-22-14/h2-9H,10-11H2,1H3. The van der Waals surface area contributed by atoms with E-state index in [0.717, 1.165) is 5.69 Å². The monoisotopic (exact) mass is 313 g/mol. The van der Waals surface area contributed by atoms with Crippen molar-refractivity contribution in [1.82, 2.24) is 0 Å². The van der Waals surface area contributed by atoms with Gasteiger partial charge in [-0.1, -0.05) is 18.2 Å². The third-order valence-corrected chi connectivity index (χ3v) is 3.45. The minimum atomic E-state index is -0.585. The van der Waals surface area contributed by atoms with Crippen LogP contribution in [0.15, 0.2) is 48.5 Å². The molecule has 2 aromatic rings. The van der Waals surface area contributed by atoms with Crippen LogP contribution in [0.1, 0.15) is 10.4 Å². The molecule has 0 unspecified atom stereocenters. The molecule has 0 fully saturated rings. The maximum absolute atomic E-state index is 12.1. The molecule has 0 saturated carbocycles. The molecule has 3 rings (SSSR count). The van der Waals surface area contributed by atoms with Crippen LogP contribution < -0.4 is 14.4 Å². The quantitative estimate of drug-likeness (QED) is 0.810. The van der Waals surface area contributed by atoms with Crippen molar-refractivity contribution in [3.63, 3.8) is 0 Å². The van der Waals surface area contributed by atoms with Gasteiger partial charge >= 0.3 is 5.97 Å². The summed E-state index contributed by atoms with van der Waals surface area (Å²) in [6, 6.07) is 13.9. The first-order valence-electron chi connectivity index (χ1n) is 7.03. The van der Waals surface area contributed by atoms with Crippen molar-refractivity contribution in [2.45, 2.75) is 0 Å². The molecule has 1 amide bonds. The van der Waals surface area contributed by atoms with Gasteiger partial charge in [0.2, 0.25) is 6.79 Å². The molecule has 23 heavy (non-hydrogen) atoms. The number of ether oxygens (including phenoxy) is 3. The van der Waals surface area contributed by atoms with E-state index in [0.29, 0.717) is 17.1 Å². The summed E-state index contributed by atoms with van der Waals surface area (Å²) in [6.45, 7) is -0.202. The first-order valence-corrected chi connectivity index (χ1v) is 7.03. The molecule has 6 heteroatoms. The molecule has 0 aromatic heterocycles. The second kappa shape index (κ2) is 6.39. The highest BCUT2D eigenvalue weighted by atomic mass is 16.7. The Labute approximate surface area is 133 Å². The first-order chi connectivity index (χ1) is 11.1. The Hall–Kier alpha value is -3.02. The zero-order valence-electron chi connectivity index (χ0n) is 12.5. The van der Waals surface area contributed by atoms with E-state index in [2.05, 4.69) is 0 Å². The van der Waals surface area contributed by atoms with Crippen LogP contribution in [0.5, 0.6) is 11.5 Å². The Morgan fingerprint density at radius 1 is 1.09 bits per heavy atom. The number of nitrogens with zero attached hydrogens (tertiary/aromatic N) is 1. The van der Waals surface area contributed by atoms with Crippen LogP contribution in [-0.2, 0) is 9.53 Å². The van der Waals surface area contributed by atoms with E-state index in [-0.39, 0.29) is 19.3 Å². The molecule has 0 aliphatic carbocycles. The maximum atomic E-state index is 12.1. The molecule has 0 spiro atoms. The second-order valence-corrected chi connectivity index (χ2v) is 4.93. The van der Waals surface area contributed by atoms with Crippen molar-refractivity contribution < 1.29 is 23.8 Å². The van der Waals surface area contributed by atoms with Crippen molar-refractivity contribution in [3.8, 4) is 11.5 Å². The number of carbonyl (C=O) groups excluding carboxylic acids is 2. The Kier molecular flexibility index (Phi) is 4.14. The topological polar surface area (TPSA) is 65.1 Å². The lowest BCUT2D eigenvalue weighted by Crippen LogP contribution is -2.31. The summed E-state index contributed by atoms with van der Waals surface area (Å²) in [5.74, 6) is 0.178. The van der Waals surface area contributed by atoms with Gasteiger partial charge in [-0.3, -0.25) is 4.79 Å². The fourth-order valence-corrected chi connectivity index (χ4v) is 2.13. The van der Waals surface area contributed by atoms with Gasteiger partial charge in [-0.2, -0.15) is 0 Å². The van der Waals surface area contributed by atoms with Crippen LogP contribution in [-0.4, -0.2) is 32.3 Å². The number of anilines is 1. The lowest BCUT2D eigenvalue weighted by atomic mass is 10.2. The third-order valence-electron chi connectivity index (χ3n) is 3.45. The van der Waals surface area contributed by atoms with Crippen molar-refractivity contribution in [3.05, 3.63) is 54.1 Å². The summed E-state index contributed by atoms with van der Waals surface area (Å²) >= 11 is 0. The zero-order chi connectivity index (χ0) is 16.2. The predicted octanol–water partition coefficient (Wildman–Crippen LogP) is 2.24. The fourth-order valence-electron chi connectivity index (χ4n) is 2.13. The van der Waals surface area contributed by atoms with Gasteiger partial charge in [0.15, 0.2) is 18.1 Å². The Bertz CT molecular complexity index is 729. The van der Waals surface area contributed by atoms with Gasteiger partial charge in [0.1, 0.15) is 0 Å². The molecule has 0 radical (unpaired) electrons. The first kappa shape index (κ1) is 14.9. The predicted molar refractivity (Wildman–Crippen MR) is 82.7 cm³/mol. The van der Waals surface area contributed by atoms with Crippen LogP contribution in [0.4, 0.5) is 5.69 Å². The average Bonchev–Trinajstić information content (AvgIpc) is 3.07. The van der Waals surface area contributed by atoms with E-state index in [1.807, 2.05) is 18.2 Å². The van der Waals surface area contributed by atoms with Crippen LogP contribution >= 0.6 is 0 Å². The molecule has 0 bridgehead atoms. The van der Waals surface area contributed by atoms with Crippen molar-refractivity contribution in [2.75, 3.05) is 25.3 Å². The summed E-state index contributed by atoms with van der Waals surface area (Å²) in [7, 11) is 1.63. The minimum Gasteiger partial charge on any atom is -0.454 e. The fraction of sp³-hybridized carbons (Fsp3) is 0.176. The molecule has 1 heterocycles. The molecule has 0 saturated heterocycles. The van der Waals surface area contributed by atoms with Gasteiger partial charge in [-0.25, -0.2) is 4.79 Å². The smallest absolute Gasteiger partial charge is 0.338 e. The average molecular weight is 313 g/mol. The number of rotatable bonds is 4. The van der Waals surface area contributed by atoms with Crippen molar-refractivity contribution >= 4 is 17.6 Å². The minimum absolute atomic E-state index is 0.133. The molecule has 0 N–H and O–H groups in total. The summed E-state index contributed by atoms with van der Waals surface area (Å²) in [4.78, 5) is 25.5. The van der Waals surface area contributed by atoms with Crippen LogP contribution in [0.3, 0.4) is 0 Å². The lowest BCUT2D eigenvalue weighted by molar-refractivity contribution is -0.121. The SMILES string of the molecule is CN(C(=O)COC(=O)c1ccc2c(c1)OCO2)c1ccccc1. The van der Waals surface area contributed by atoms with E-state index in [1.165, 1.54) is 11.0 Å². The Balaban J connectivity index is 1.59. The molecule has 6 nitrogen and oxygen atoms in total. The van der Waals surface area contributed by atoms with Gasteiger partial charge in [0.05, 0.1) is 5.56 Å². The number of amides is 1. The number of hydrogen-bond donors (Lipinski definition) is 0. The third kappa shape index (κ3) is 3.26. The van der Waals surface area contributed by atoms with E-state index in [4.69, 9.17) is 14.2 Å². The van der Waals surface area contributed by atoms with E-state index in [9.17, 15) is 9.59 Å². The summed E-state index contributed by atoms with van der Waals surface area (Å²) in [5, 5.41) is 0. The molecular formula is C17H15NO5. The summed E-state index contributed by atoms with van der Waals surface area (Å²) < 4.78 is 15.4. The number of para-hydroxylation sites is 1. The maximum Gasteiger partial charge on any atom is 0.338 e. The van der Waals surface area contributed by atoms with Gasteiger partial charge in [-0.05, 0) is 30.3 Å². The Morgan fingerprint density at radius 3 is 2.61 bits per heavy atom. The summed E-state index contributed by atoms with van der Waals surface area (Å²) in [6.07, 6.45) is 0. The highest BCUT2D eigenvalue weighted by molar-refractivity contribution is 5.97. The highest BCUT2D eigenvalue weighted by Crippen LogP contribution is 2.32. The molecule has 2 aromatic carbocycles. The van der Waals surface area contributed by atoms with Crippen LogP contribution in [0, 0.1) is 0 Å². The van der Waals surface area contributed by atoms with Gasteiger partial charge < -0.3 is 19.1 Å². The Morgan fingerprint density at radius 2 is 1.83 bits per heavy atom. The van der Waals surface area contributed by atoms with Crippen molar-refractivity contribution in [1.29, 1.82) is 0 Å². The van der Waals surface area contributed by atoms with E-state index in [1.54, 1.807) is 31.3 Å². The molecule has 1 aliphatic rings. The molecule has 118 valence electrons. The second-order valence-electron chi connectivity index (χ2n) is 4.93. The van der Waals surface area contributed by atoms with Crippen molar-refractivity contribution in [2.24, 2.45) is 0 Å². The normalized spacial score (nSPS) is 11.9. The van der Waals surface area contributed by atoms with Gasteiger partial charge in [-0.15, -0.1) is 0 Å². The summed E-state index contributed by atoms with van der Waals surface area (Å²) in [5.41, 5.74) is 1.04. The van der Waals surface area contributed by atoms with Gasteiger partial charge in [0, 0.05) is 12.7 Å². The molecule has 1 aliphatic heterocycles. The molecule has 0 atom stereocenters. The van der Waals surface area contributed by atoms with Crippen LogP contribution in [0.2, 0.25) is 0 Å². The van der Waals surface area contributed by atoms with E-state index >= 15 is 0 Å². The largest absolute Gasteiger partial charge is 0.454 e. The molecular weight excluding hydrogens is 298 g/mol. The van der Waals surface area contributed by atoms with Crippen LogP contribution in [0.25, 0.3) is 0 Å². The number of esters is 1. The highest BCUT2D eigenvalue weighted by Gasteiger charge is 2.18. The van der Waals surface area contributed by atoms with Gasteiger partial charge in [0.25, 0.3) is 5.91 Å². The number of fused-ring (bicyclic) bond motifs is 1. The number of likely N-dealkylation sites (N-methyl/N-ethyl adjacent to an activating group) is 1. The number of benzene rings is 2. The van der Waals surface area contributed by atoms with E-state index < -0.39 is 5.97 Å². The lowest BCUT2D eigenvalue weighted by Gasteiger charge is -2.17. The zero-order valence-corrected chi connectivity index (χ0v) is 12.5. The number of carbonyl (C=O) groups is 2.